The number of aromatic nitrogens is 2. The summed E-state index contributed by atoms with van der Waals surface area (Å²) >= 11 is 2.20. The Labute approximate surface area is 97.6 Å². The third-order valence-electron chi connectivity index (χ3n) is 2.04. The fourth-order valence-electron chi connectivity index (χ4n) is 1.36. The Morgan fingerprint density at radius 3 is 3.07 bits per heavy atom. The number of hydrogen-bond acceptors (Lipinski definition) is 3. The molecule has 3 nitrogen and oxygen atoms in total. The van der Waals surface area contributed by atoms with Gasteiger partial charge in [-0.2, -0.15) is 0 Å². The number of aldehydes is 1. The van der Waals surface area contributed by atoms with Crippen molar-refractivity contribution < 1.29 is 4.79 Å². The van der Waals surface area contributed by atoms with Crippen molar-refractivity contribution in [3.05, 3.63) is 29.6 Å². The number of aryl methyl sites for hydroxylation is 1. The number of pyridine rings is 1. The van der Waals surface area contributed by atoms with Gasteiger partial charge in [-0.25, -0.2) is 4.98 Å². The molecule has 2 rings (SSSR count). The minimum atomic E-state index is 0.622. The number of nitrogens with zero attached hydrogens (tertiary/aromatic N) is 2. The van der Waals surface area contributed by atoms with Gasteiger partial charge in [0.05, 0.1) is 0 Å². The average Bonchev–Trinajstić information content (AvgIpc) is 2.55. The maximum absolute atomic E-state index is 10.6. The Morgan fingerprint density at radius 1 is 1.64 bits per heavy atom. The van der Waals surface area contributed by atoms with E-state index < -0.39 is 0 Å². The molecule has 0 aliphatic rings. The van der Waals surface area contributed by atoms with Crippen molar-refractivity contribution in [2.75, 3.05) is 0 Å². The second kappa shape index (κ2) is 3.90. The molecule has 0 fully saturated rings. The minimum Gasteiger partial charge on any atom is -0.298 e. The molecule has 0 aliphatic heterocycles. The quantitative estimate of drug-likeness (QED) is 0.631. The van der Waals surface area contributed by atoms with Gasteiger partial charge in [-0.1, -0.05) is 0 Å². The van der Waals surface area contributed by atoms with E-state index in [9.17, 15) is 4.79 Å². The first kappa shape index (κ1) is 9.97. The molecule has 0 spiro atoms. The molecule has 14 heavy (non-hydrogen) atoms. The Hall–Kier alpha value is -0.560. The summed E-state index contributed by atoms with van der Waals surface area (Å²) < 4.78 is 1.99. The first-order valence-electron chi connectivity index (χ1n) is 3.98. The number of rotatable bonds is 2. The van der Waals surface area contributed by atoms with Crippen LogP contribution in [0.15, 0.2) is 18.5 Å². The summed E-state index contributed by atoms with van der Waals surface area (Å²) in [5.41, 5.74) is 2.67. The molecule has 0 saturated heterocycles. The predicted molar refractivity (Wildman–Crippen MR) is 66.9 cm³/mol. The Bertz CT molecular complexity index is 495. The average molecular weight is 318 g/mol. The molecule has 0 aliphatic carbocycles. The van der Waals surface area contributed by atoms with Crippen molar-refractivity contribution in [3.8, 4) is 0 Å². The van der Waals surface area contributed by atoms with Gasteiger partial charge in [-0.3, -0.25) is 8.77 Å². The zero-order chi connectivity index (χ0) is 10.1. The number of carbonyl (C=O) groups excluding carboxylic acids is 1. The molecular weight excluding hydrogens is 311 g/mol. The van der Waals surface area contributed by atoms with Crippen LogP contribution in [0, 0.1) is 6.92 Å². The molecule has 2 aromatic rings. The van der Waals surface area contributed by atoms with E-state index in [1.807, 2.05) is 23.2 Å². The molecule has 0 unspecified atom stereocenters. The molecule has 0 amide bonds. The van der Waals surface area contributed by atoms with Crippen LogP contribution in [0.1, 0.15) is 15.9 Å². The standard InChI is InChI=1S/C9H7IN2OS/c1-6-4-12(14-10)9-8(6)2-7(5-13)3-11-9/h2-5H,1H3. The van der Waals surface area contributed by atoms with E-state index in [4.69, 9.17) is 0 Å². The van der Waals surface area contributed by atoms with Crippen LogP contribution in [-0.4, -0.2) is 15.2 Å². The van der Waals surface area contributed by atoms with E-state index in [-0.39, 0.29) is 0 Å². The van der Waals surface area contributed by atoms with Crippen LogP contribution >= 0.6 is 30.3 Å². The summed E-state index contributed by atoms with van der Waals surface area (Å²) in [5.74, 6) is 0. The second-order valence-electron chi connectivity index (χ2n) is 2.96. The first-order valence-corrected chi connectivity index (χ1v) is 7.30. The lowest BCUT2D eigenvalue weighted by Gasteiger charge is -1.96. The van der Waals surface area contributed by atoms with Crippen molar-refractivity contribution in [2.24, 2.45) is 0 Å². The zero-order valence-corrected chi connectivity index (χ0v) is 10.4. The van der Waals surface area contributed by atoms with E-state index in [1.165, 1.54) is 0 Å². The lowest BCUT2D eigenvalue weighted by Crippen LogP contribution is -1.86. The summed E-state index contributed by atoms with van der Waals surface area (Å²) in [4.78, 5) is 14.8. The van der Waals surface area contributed by atoms with Gasteiger partial charge in [0.2, 0.25) is 0 Å². The highest BCUT2D eigenvalue weighted by atomic mass is 127. The van der Waals surface area contributed by atoms with Gasteiger partial charge in [0.15, 0.2) is 11.9 Å². The summed E-state index contributed by atoms with van der Waals surface area (Å²) in [6.45, 7) is 2.02. The third-order valence-corrected chi connectivity index (χ3v) is 3.74. The SMILES string of the molecule is Cc1cn(SI)c2ncc(C=O)cc12. The molecule has 72 valence electrons. The molecule has 5 heteroatoms. The number of fused-ring (bicyclic) bond motifs is 1. The highest BCUT2D eigenvalue weighted by Crippen LogP contribution is 2.26. The van der Waals surface area contributed by atoms with Crippen LogP contribution in [0.5, 0.6) is 0 Å². The van der Waals surface area contributed by atoms with Gasteiger partial charge in [0, 0.05) is 53.7 Å². The number of hydrogen-bond donors (Lipinski definition) is 0. The van der Waals surface area contributed by atoms with E-state index in [0.29, 0.717) is 5.56 Å². The van der Waals surface area contributed by atoms with Gasteiger partial charge in [0.1, 0.15) is 0 Å². The molecule has 0 radical (unpaired) electrons. The molecule has 0 atom stereocenters. The van der Waals surface area contributed by atoms with Crippen LogP contribution in [0.25, 0.3) is 11.0 Å². The molecular formula is C9H7IN2OS. The maximum atomic E-state index is 10.6. The fourth-order valence-corrected chi connectivity index (χ4v) is 2.67. The highest BCUT2D eigenvalue weighted by molar-refractivity contribution is 14.2. The maximum Gasteiger partial charge on any atom is 0.151 e. The summed E-state index contributed by atoms with van der Waals surface area (Å²) in [7, 11) is 1.57. The predicted octanol–water partition coefficient (Wildman–Crippen LogP) is 3.00. The normalized spacial score (nSPS) is 10.7. The summed E-state index contributed by atoms with van der Waals surface area (Å²) in [6.07, 6.45) is 4.43. The van der Waals surface area contributed by atoms with E-state index in [2.05, 4.69) is 26.2 Å². The third kappa shape index (κ3) is 1.54. The Kier molecular flexibility index (Phi) is 2.78. The van der Waals surface area contributed by atoms with Crippen molar-refractivity contribution in [2.45, 2.75) is 6.92 Å². The second-order valence-corrected chi connectivity index (χ2v) is 4.68. The first-order chi connectivity index (χ1) is 6.76. The molecule has 0 saturated carbocycles. The van der Waals surface area contributed by atoms with Crippen LogP contribution < -0.4 is 0 Å². The van der Waals surface area contributed by atoms with Gasteiger partial charge >= 0.3 is 0 Å². The summed E-state index contributed by atoms with van der Waals surface area (Å²) in [5, 5.41) is 1.04. The van der Waals surface area contributed by atoms with Gasteiger partial charge in [-0.05, 0) is 18.6 Å². The smallest absolute Gasteiger partial charge is 0.151 e. The van der Waals surface area contributed by atoms with Crippen LogP contribution in [-0.2, 0) is 0 Å². The van der Waals surface area contributed by atoms with Crippen molar-refractivity contribution in [3.63, 3.8) is 0 Å². The zero-order valence-electron chi connectivity index (χ0n) is 7.40. The Morgan fingerprint density at radius 2 is 2.43 bits per heavy atom. The van der Waals surface area contributed by atoms with Crippen molar-refractivity contribution >= 4 is 47.6 Å². The monoisotopic (exact) mass is 318 g/mol. The minimum absolute atomic E-state index is 0.622. The van der Waals surface area contributed by atoms with E-state index >= 15 is 0 Å². The van der Waals surface area contributed by atoms with E-state index in [1.54, 1.807) is 15.3 Å². The fraction of sp³-hybridized carbons (Fsp3) is 0.111. The van der Waals surface area contributed by atoms with Crippen LogP contribution in [0.2, 0.25) is 0 Å². The van der Waals surface area contributed by atoms with Gasteiger partial charge < -0.3 is 0 Å². The van der Waals surface area contributed by atoms with E-state index in [0.717, 1.165) is 22.9 Å². The lowest BCUT2D eigenvalue weighted by atomic mass is 10.2. The van der Waals surface area contributed by atoms with Crippen molar-refractivity contribution in [1.29, 1.82) is 0 Å². The topological polar surface area (TPSA) is 34.9 Å². The van der Waals surface area contributed by atoms with Crippen LogP contribution in [0.3, 0.4) is 0 Å². The number of halogens is 1. The lowest BCUT2D eigenvalue weighted by molar-refractivity contribution is 0.112. The van der Waals surface area contributed by atoms with Crippen LogP contribution in [0.4, 0.5) is 0 Å². The molecule has 0 aromatic carbocycles. The molecule has 0 bridgehead atoms. The van der Waals surface area contributed by atoms with Crippen molar-refractivity contribution in [1.82, 2.24) is 8.96 Å². The highest BCUT2D eigenvalue weighted by Gasteiger charge is 2.06. The molecule has 2 heterocycles. The molecule has 0 N–H and O–H groups in total. The summed E-state index contributed by atoms with van der Waals surface area (Å²) in [6, 6.07) is 1.87. The number of carbonyl (C=O) groups is 1. The van der Waals surface area contributed by atoms with Gasteiger partial charge in [-0.15, -0.1) is 0 Å². The molecule has 2 aromatic heterocycles. The Balaban J connectivity index is 2.76. The largest absolute Gasteiger partial charge is 0.298 e. The van der Waals surface area contributed by atoms with Gasteiger partial charge in [0.25, 0.3) is 0 Å².